The van der Waals surface area contributed by atoms with Crippen LogP contribution in [0.5, 0.6) is 0 Å². The lowest BCUT2D eigenvalue weighted by Gasteiger charge is -2.06. The molecule has 2 heterocycles. The molecule has 0 aliphatic rings. The number of ketones is 1. The third-order valence-electron chi connectivity index (χ3n) is 3.40. The van der Waals surface area contributed by atoms with E-state index in [0.29, 0.717) is 5.56 Å². The van der Waals surface area contributed by atoms with Crippen molar-refractivity contribution in [3.8, 4) is 0 Å². The average Bonchev–Trinajstić information content (AvgIpc) is 2.67. The zero-order valence-electron chi connectivity index (χ0n) is 11.5. The normalized spacial score (nSPS) is 10.7. The summed E-state index contributed by atoms with van der Waals surface area (Å²) in [5, 5.41) is 0. The predicted octanol–water partition coefficient (Wildman–Crippen LogP) is 2.17. The van der Waals surface area contributed by atoms with Crippen molar-refractivity contribution in [1.82, 2.24) is 9.13 Å². The molecule has 2 aromatic rings. The number of pyridine rings is 1. The highest BCUT2D eigenvalue weighted by Crippen LogP contribution is 2.16. The summed E-state index contributed by atoms with van der Waals surface area (Å²) in [6, 6.07) is 6.79. The Balaban J connectivity index is 2.31. The van der Waals surface area contributed by atoms with E-state index in [-0.39, 0.29) is 17.9 Å². The molecule has 0 unspecified atom stereocenters. The summed E-state index contributed by atoms with van der Waals surface area (Å²) in [5.74, 6) is -0.0268. The first-order valence-corrected chi connectivity index (χ1v) is 6.40. The third kappa shape index (κ3) is 2.52. The fraction of sp³-hybridized carbons (Fsp3) is 0.333. The van der Waals surface area contributed by atoms with Gasteiger partial charge in [0.2, 0.25) is 0 Å². The van der Waals surface area contributed by atoms with E-state index in [0.717, 1.165) is 17.9 Å². The Morgan fingerprint density at radius 3 is 2.58 bits per heavy atom. The molecule has 2 aromatic heterocycles. The first-order chi connectivity index (χ1) is 9.04. The fourth-order valence-corrected chi connectivity index (χ4v) is 2.40. The monoisotopic (exact) mass is 258 g/mol. The molecular formula is C15H18N2O2. The van der Waals surface area contributed by atoms with Crippen LogP contribution < -0.4 is 5.56 Å². The Labute approximate surface area is 112 Å². The number of nitrogens with zero attached hydrogens (tertiary/aromatic N) is 2. The van der Waals surface area contributed by atoms with Crippen LogP contribution in [-0.2, 0) is 13.1 Å². The van der Waals surface area contributed by atoms with Crippen LogP contribution in [0, 0.1) is 13.8 Å². The molecule has 0 atom stereocenters. The highest BCUT2D eigenvalue weighted by atomic mass is 16.1. The first-order valence-electron chi connectivity index (χ1n) is 6.40. The van der Waals surface area contributed by atoms with Crippen molar-refractivity contribution in [2.75, 3.05) is 0 Å². The van der Waals surface area contributed by atoms with Gasteiger partial charge in [0.25, 0.3) is 5.56 Å². The number of Topliss-reactive ketones (excluding diaryl/α,β-unsaturated/α-hetero) is 1. The summed E-state index contributed by atoms with van der Waals surface area (Å²) in [6.45, 7) is 6.92. The van der Waals surface area contributed by atoms with Crippen molar-refractivity contribution in [3.63, 3.8) is 0 Å². The standard InChI is InChI=1S/C15H18N2O2/c1-4-17-11(2)9-13(12(17)3)14(18)10-16-8-6-5-7-15(16)19/h5-9H,4,10H2,1-3H3. The molecular weight excluding hydrogens is 240 g/mol. The Morgan fingerprint density at radius 2 is 2.00 bits per heavy atom. The summed E-state index contributed by atoms with van der Waals surface area (Å²) < 4.78 is 3.53. The number of carbonyl (C=O) groups is 1. The zero-order chi connectivity index (χ0) is 14.0. The number of rotatable bonds is 4. The fourth-order valence-electron chi connectivity index (χ4n) is 2.40. The SMILES string of the molecule is CCn1c(C)cc(C(=O)Cn2ccccc2=O)c1C. The summed E-state index contributed by atoms with van der Waals surface area (Å²) in [6.07, 6.45) is 1.64. The molecule has 0 saturated heterocycles. The van der Waals surface area contributed by atoms with Gasteiger partial charge in [-0.2, -0.15) is 0 Å². The van der Waals surface area contributed by atoms with Crippen molar-refractivity contribution in [3.05, 3.63) is 57.8 Å². The minimum Gasteiger partial charge on any atom is -0.349 e. The van der Waals surface area contributed by atoms with Crippen LogP contribution in [0.15, 0.2) is 35.3 Å². The largest absolute Gasteiger partial charge is 0.349 e. The topological polar surface area (TPSA) is 44.0 Å². The van der Waals surface area contributed by atoms with Gasteiger partial charge in [-0.1, -0.05) is 6.07 Å². The maximum atomic E-state index is 12.3. The second kappa shape index (κ2) is 5.26. The molecule has 19 heavy (non-hydrogen) atoms. The molecule has 0 amide bonds. The molecule has 0 bridgehead atoms. The van der Waals surface area contributed by atoms with Gasteiger partial charge < -0.3 is 9.13 Å². The van der Waals surface area contributed by atoms with Gasteiger partial charge in [0, 0.05) is 35.8 Å². The molecule has 0 saturated carbocycles. The summed E-state index contributed by atoms with van der Waals surface area (Å²) >= 11 is 0. The second-order valence-electron chi connectivity index (χ2n) is 4.62. The van der Waals surface area contributed by atoms with Crippen LogP contribution in [0.4, 0.5) is 0 Å². The number of carbonyl (C=O) groups excluding carboxylic acids is 1. The highest BCUT2D eigenvalue weighted by Gasteiger charge is 2.15. The number of hydrogen-bond donors (Lipinski definition) is 0. The number of aromatic nitrogens is 2. The molecule has 0 spiro atoms. The highest BCUT2D eigenvalue weighted by molar-refractivity contribution is 5.97. The van der Waals surface area contributed by atoms with Crippen LogP contribution in [0.25, 0.3) is 0 Å². The van der Waals surface area contributed by atoms with Crippen molar-refractivity contribution in [1.29, 1.82) is 0 Å². The van der Waals surface area contributed by atoms with Crippen molar-refractivity contribution >= 4 is 5.78 Å². The van der Waals surface area contributed by atoms with Crippen LogP contribution in [-0.4, -0.2) is 14.9 Å². The van der Waals surface area contributed by atoms with Crippen molar-refractivity contribution < 1.29 is 4.79 Å². The molecule has 0 radical (unpaired) electrons. The molecule has 2 rings (SSSR count). The van der Waals surface area contributed by atoms with Crippen molar-refractivity contribution in [2.45, 2.75) is 33.9 Å². The quantitative estimate of drug-likeness (QED) is 0.789. The van der Waals surface area contributed by atoms with Crippen LogP contribution in [0.3, 0.4) is 0 Å². The molecule has 0 N–H and O–H groups in total. The van der Waals surface area contributed by atoms with Gasteiger partial charge in [-0.3, -0.25) is 9.59 Å². The van der Waals surface area contributed by atoms with Gasteiger partial charge >= 0.3 is 0 Å². The molecule has 0 aromatic carbocycles. The van der Waals surface area contributed by atoms with E-state index in [2.05, 4.69) is 11.5 Å². The summed E-state index contributed by atoms with van der Waals surface area (Å²) in [4.78, 5) is 23.9. The molecule has 0 aliphatic carbocycles. The molecule has 0 aliphatic heterocycles. The summed E-state index contributed by atoms with van der Waals surface area (Å²) in [7, 11) is 0. The summed E-state index contributed by atoms with van der Waals surface area (Å²) in [5.41, 5.74) is 2.59. The Bertz CT molecular complexity index is 665. The Kier molecular flexibility index (Phi) is 3.69. The van der Waals surface area contributed by atoms with Gasteiger partial charge in [-0.25, -0.2) is 0 Å². The predicted molar refractivity (Wildman–Crippen MR) is 74.6 cm³/mol. The van der Waals surface area contributed by atoms with Gasteiger partial charge in [0.05, 0.1) is 6.54 Å². The van der Waals surface area contributed by atoms with E-state index in [9.17, 15) is 9.59 Å². The molecule has 4 nitrogen and oxygen atoms in total. The van der Waals surface area contributed by atoms with E-state index in [4.69, 9.17) is 0 Å². The van der Waals surface area contributed by atoms with Gasteiger partial charge in [0.15, 0.2) is 5.78 Å². The Morgan fingerprint density at radius 1 is 1.26 bits per heavy atom. The smallest absolute Gasteiger partial charge is 0.250 e. The van der Waals surface area contributed by atoms with E-state index in [1.165, 1.54) is 10.6 Å². The minimum absolute atomic E-state index is 0.0268. The van der Waals surface area contributed by atoms with Gasteiger partial charge in [0.1, 0.15) is 0 Å². The van der Waals surface area contributed by atoms with Crippen LogP contribution in [0.1, 0.15) is 28.7 Å². The maximum absolute atomic E-state index is 12.3. The second-order valence-corrected chi connectivity index (χ2v) is 4.62. The molecule has 4 heteroatoms. The van der Waals surface area contributed by atoms with Crippen molar-refractivity contribution in [2.24, 2.45) is 0 Å². The maximum Gasteiger partial charge on any atom is 0.250 e. The number of hydrogen-bond acceptors (Lipinski definition) is 2. The third-order valence-corrected chi connectivity index (χ3v) is 3.40. The average molecular weight is 258 g/mol. The van der Waals surface area contributed by atoms with Gasteiger partial charge in [-0.15, -0.1) is 0 Å². The van der Waals surface area contributed by atoms with Gasteiger partial charge in [-0.05, 0) is 32.9 Å². The van der Waals surface area contributed by atoms with E-state index in [1.807, 2.05) is 19.9 Å². The first kappa shape index (κ1) is 13.3. The minimum atomic E-state index is -0.153. The lowest BCUT2D eigenvalue weighted by molar-refractivity contribution is 0.0970. The zero-order valence-corrected chi connectivity index (χ0v) is 11.5. The number of aryl methyl sites for hydroxylation is 1. The van der Waals surface area contributed by atoms with Crippen LogP contribution in [0.2, 0.25) is 0 Å². The lowest BCUT2D eigenvalue weighted by atomic mass is 10.1. The lowest BCUT2D eigenvalue weighted by Crippen LogP contribution is -2.22. The van der Waals surface area contributed by atoms with E-state index >= 15 is 0 Å². The van der Waals surface area contributed by atoms with E-state index < -0.39 is 0 Å². The molecule has 0 fully saturated rings. The van der Waals surface area contributed by atoms with Crippen LogP contribution >= 0.6 is 0 Å². The molecule has 100 valence electrons. The van der Waals surface area contributed by atoms with E-state index in [1.54, 1.807) is 18.3 Å². The Hall–Kier alpha value is -2.10.